The summed E-state index contributed by atoms with van der Waals surface area (Å²) >= 11 is 0. The Labute approximate surface area is 912 Å². The van der Waals surface area contributed by atoms with Gasteiger partial charge in [0.05, 0.1) is 25.3 Å². The van der Waals surface area contributed by atoms with Crippen LogP contribution in [0, 0.1) is 38.5 Å². The third-order valence-electron chi connectivity index (χ3n) is 16.8. The molecule has 3 amide bonds. The van der Waals surface area contributed by atoms with Crippen LogP contribution in [0.25, 0.3) is 0 Å². The van der Waals surface area contributed by atoms with Gasteiger partial charge in [0.15, 0.2) is 12.2 Å². The van der Waals surface area contributed by atoms with Crippen molar-refractivity contribution in [1.82, 2.24) is 19.7 Å². The quantitative estimate of drug-likeness (QED) is 0.00904. The number of pyridine rings is 1. The summed E-state index contributed by atoms with van der Waals surface area (Å²) < 4.78 is 502. The number of amides is 3. The summed E-state index contributed by atoms with van der Waals surface area (Å²) in [7, 11) is -9.39. The van der Waals surface area contributed by atoms with E-state index in [0.29, 0.717) is 23.8 Å². The van der Waals surface area contributed by atoms with E-state index in [0.717, 1.165) is 99.5 Å². The van der Waals surface area contributed by atoms with E-state index in [-0.39, 0.29) is 83.4 Å². The molecule has 3 fully saturated rings. The van der Waals surface area contributed by atoms with Crippen LogP contribution in [0.2, 0.25) is 0 Å². The first-order valence-electron chi connectivity index (χ1n) is 72.0. The standard InChI is InChI=1S/C22H35NO5.C12H23NO4.C12H25NO3.C11H11F3O5S.C10H12O3.C7H9N.C4H7BO.2C4H8O.C4H9.C2F6O5S2.Li.29H2/c1-16(2)13-19(23(7)21(25)28-22(4,5)6)15-26-17(3)20(24)27-14-18-11-9-8-10-12-18;1-8(2)7-9(10(14)15)13(6)11(16)17-12(3,4)5;1-9(2)7-10(8-14)13(6)11(15)16-12(3,4)5;1-8(19-20(16,17)11(12,13)14)10(15)18-7-9-5-3-2-4-6-9;1-8(11)10(12)13-7-9-5-3-2-4-6-9;1-6-4-3-5-7(2)8-6;5-4-2-1-3-6-4;2*1-2-4-5-3-1;1-3-4-2;3-1(4,5)14(9,10)13-15(11,12)2(6,7)8;;;;;;;;;;;;;;;;;;;;;;;;;;;;;;/h8-12,16-17,19H,13-15H2,1-7H3;8-9H,7H2,1-6H3,(H,14,15);9-10,14H,7-8H2,1-6H3;2-6,8H,7H2,1H3;2-6,8,11H,7H2,1H3;3-5H,1-2H3;4H,1-3H2;2*1-4H2;1,3-4H2,2H3;;;29*1H/q;;;;;;;;;-1;;+1;;;;;;;;;;;;;;;;;;;;;;;;;;;;;/t17-,19+;9-;10-;2*8-;;;;;;;;;;;;;;;;;;;;;;;;;;;;;;;;;;;;/m10000..................................../s1/i;;;;;;;;;;;;28*1+1D;1+1. The zero-order valence-electron chi connectivity index (χ0n) is 140. The van der Waals surface area contributed by atoms with Gasteiger partial charge in [0.25, 0.3) is 0 Å². The van der Waals surface area contributed by atoms with E-state index in [1.165, 1.54) is 51.0 Å². The normalized spacial score (nSPS) is 16.4. The van der Waals surface area contributed by atoms with Crippen LogP contribution in [-0.2, 0) is 125 Å². The maximum Gasteiger partial charge on any atom is 1.00 e. The number of hydrogen-bond acceptors (Lipinski definition) is 28. The van der Waals surface area contributed by atoms with E-state index in [1.54, 1.807) is 77.0 Å². The van der Waals surface area contributed by atoms with E-state index in [2.05, 4.69) is 55.4 Å². The number of carboxylic acids is 1. The zero-order chi connectivity index (χ0) is 163. The summed E-state index contributed by atoms with van der Waals surface area (Å²) in [6, 6.07) is 32.0. The number of carboxylic acid groups (broad SMARTS) is 1. The van der Waals surface area contributed by atoms with Crippen molar-refractivity contribution < 1.29 is 272 Å². The Hall–Kier alpha value is -7.94. The fourth-order valence-corrected chi connectivity index (χ4v) is 11.9. The fourth-order valence-electron chi connectivity index (χ4n) is 9.73. The second kappa shape index (κ2) is 70.7. The van der Waals surface area contributed by atoms with Crippen LogP contribution < -0.4 is 18.9 Å². The van der Waals surface area contributed by atoms with Gasteiger partial charge < -0.3 is 79.4 Å². The van der Waals surface area contributed by atoms with Gasteiger partial charge >= 0.3 is 108 Å². The number of alkyl halides is 9. The van der Waals surface area contributed by atoms with Crippen LogP contribution in [-0.4, -0.2) is 253 Å². The minimum atomic E-state index is -6.85. The first-order valence-corrected chi connectivity index (χ1v) is 48.2. The van der Waals surface area contributed by atoms with Crippen molar-refractivity contribution in [2.75, 3.05) is 67.4 Å². The second-order valence-corrected chi connectivity index (χ2v) is 39.8. The molecule has 3 aromatic carbocycles. The van der Waals surface area contributed by atoms with Gasteiger partial charge in [0.1, 0.15) is 56.6 Å². The van der Waals surface area contributed by atoms with Gasteiger partial charge in [-0.2, -0.15) is 71.2 Å². The van der Waals surface area contributed by atoms with E-state index < -0.39 is 124 Å². The number of aromatic nitrogens is 1. The third kappa shape index (κ3) is 70.7. The molecule has 3 aliphatic heterocycles. The van der Waals surface area contributed by atoms with Gasteiger partial charge in [-0.05, 0) is 201 Å². The molecular weight excluding hydrogens is 1890 g/mol. The maximum absolute atomic E-state index is 12.4. The van der Waals surface area contributed by atoms with Crippen LogP contribution in [0.1, 0.15) is 315 Å². The molecule has 0 bridgehead atoms. The molecular formula is C92H205BF9LiN4O28S3. The Bertz CT molecular complexity index is 4420. The largest absolute Gasteiger partial charge is 1.00 e. The van der Waals surface area contributed by atoms with Crippen molar-refractivity contribution in [3.8, 4) is 0 Å². The smallest absolute Gasteiger partial charge is 0.480 e. The Morgan fingerprint density at radius 2 is 0.819 bits per heavy atom. The van der Waals surface area contributed by atoms with Gasteiger partial charge in [-0.1, -0.05) is 152 Å². The Balaban J connectivity index is -0.0000000449. The third-order valence-corrected chi connectivity index (χ3v) is 20.5. The number of benzene rings is 3. The Morgan fingerprint density at radius 3 is 1.07 bits per heavy atom. The first-order chi connectivity index (χ1) is 90.8. The summed E-state index contributed by atoms with van der Waals surface area (Å²) in [4.78, 5) is 89.7. The van der Waals surface area contributed by atoms with Gasteiger partial charge in [-0.3, -0.25) is 9.88 Å². The summed E-state index contributed by atoms with van der Waals surface area (Å²) in [6.07, 6.45) is 6.44. The summed E-state index contributed by atoms with van der Waals surface area (Å²) in [6.45, 7) is 47.2. The Kier molecular flexibility index (Phi) is 47.4. The number of hydrogen-bond donors (Lipinski definition) is 3. The van der Waals surface area contributed by atoms with E-state index in [9.17, 15) is 103 Å². The number of aryl methyl sites for hydroxylation is 2. The van der Waals surface area contributed by atoms with E-state index in [1.807, 2.05) is 152 Å². The minimum Gasteiger partial charge on any atom is -0.480 e. The molecule has 1 unspecified atom stereocenters. The SMILES string of the molecule is C1CCOC1.C1CCOC1.CC(C)C[C@@H](C(=O)O)N(C)C(=O)OC(C)(C)C.CC(C)C[C@@H](CO)N(C)C(=O)OC(C)(C)C.CC(C)C[C@@H](CO[C@H](C)C(=O)OCc1ccccc1)N(C)C(=O)OC(C)(C)C.C[C@H](O)C(=O)OCc1ccccc1.C[C@H](OS(=O)(=O)C(F)(F)F)C(=O)OCc1ccccc1.Cc1cccc(C)n1.O=S(=O)(OS(=O)(=O)C(F)(F)F)C(F)(F)F.[2HH].[2H][2H].[2H][2H].[2H][2H].[2H][2H].[2H][2H].[2H][2H].[2H][2H].[2H][2H].[2H][2H].[2H][2H].[2H][2H].[2H][2H].[2H][2H].[2H][2H].[2H][2H].[2H][2H].[2H][2H].[2H][2H].[2H][2H].[2H][2H].[2H][2H].[2H][2H].[2H][2H].[2H][2H].[2H][2H].[2H][2H].[2H][2H].[2H][2H].[B]C1CCCO1.[CH2-]CCC.[Li+]. The summed E-state index contributed by atoms with van der Waals surface area (Å²) in [5.74, 6) is -2.24. The van der Waals surface area contributed by atoms with Gasteiger partial charge in [0.2, 0.25) is 0 Å². The molecule has 1 aromatic heterocycles. The molecule has 7 rings (SSSR count). The molecule has 3 saturated heterocycles. The number of carbonyl (C=O) groups excluding carboxylic acids is 6. The number of esters is 3. The molecule has 4 aromatic rings. The number of aliphatic carboxylic acids is 1. The number of ether oxygens (including phenoxy) is 10. The molecule has 32 nitrogen and oxygen atoms in total. The van der Waals surface area contributed by atoms with E-state index in [4.69, 9.17) is 144 Å². The van der Waals surface area contributed by atoms with Crippen LogP contribution in [0.5, 0.6) is 0 Å². The maximum atomic E-state index is 12.4. The van der Waals surface area contributed by atoms with E-state index >= 15 is 0 Å². The number of unbranched alkanes of at least 4 members (excludes halogenated alkanes) is 1. The minimum absolute atomic E-state index is 0. The topological polar surface area (TPSA) is 416 Å². The molecule has 0 saturated carbocycles. The predicted octanol–water partition coefficient (Wildman–Crippen LogP) is 22.2. The average Bonchev–Trinajstić information content (AvgIpc) is 1.24. The monoisotopic (exact) mass is 2160 g/mol. The van der Waals surface area contributed by atoms with Crippen molar-refractivity contribution in [3.05, 3.63) is 144 Å². The van der Waals surface area contributed by atoms with Crippen LogP contribution >= 0.6 is 0 Å². The molecule has 3 aliphatic rings. The number of halogens is 9. The Morgan fingerprint density at radius 1 is 0.500 bits per heavy atom. The molecule has 46 heteroatoms. The number of nitrogens with zero attached hydrogens (tertiary/aromatic N) is 4. The summed E-state index contributed by atoms with van der Waals surface area (Å²) in [5.41, 5.74) is -15.2. The molecule has 0 aliphatic carbocycles. The van der Waals surface area contributed by atoms with Crippen molar-refractivity contribution in [1.29, 1.82) is 0 Å². The number of likely N-dealkylation sites (N-methyl/N-ethyl adjacent to an activating group) is 3. The average molecular weight is 2160 g/mol. The van der Waals surface area contributed by atoms with Crippen LogP contribution in [0.4, 0.5) is 53.9 Å². The molecule has 7 atom stereocenters. The van der Waals surface area contributed by atoms with Crippen molar-refractivity contribution in [2.24, 2.45) is 17.8 Å². The summed E-state index contributed by atoms with van der Waals surface area (Å²) in [5, 5.41) is 27.2. The number of carbonyl (C=O) groups is 7. The zero-order valence-corrected chi connectivity index (χ0v) is 86.7. The predicted molar refractivity (Wildman–Crippen MR) is 559 cm³/mol. The molecule has 2 radical (unpaired) electrons. The van der Waals surface area contributed by atoms with Crippen LogP contribution in [0.3, 0.4) is 0 Å². The van der Waals surface area contributed by atoms with Crippen molar-refractivity contribution >= 4 is 80.4 Å². The van der Waals surface area contributed by atoms with Crippen molar-refractivity contribution in [3.63, 3.8) is 0 Å². The number of rotatable bonds is 28. The van der Waals surface area contributed by atoms with Gasteiger partial charge in [-0.15, -0.1) is 3.63 Å². The molecule has 0 spiro atoms. The molecule has 3 N–H and O–H groups in total. The fraction of sp³-hybridized carbons (Fsp3) is 0.663. The van der Waals surface area contributed by atoms with Gasteiger partial charge in [-0.25, -0.2) is 37.7 Å². The number of aliphatic hydroxyl groups excluding tert-OH is 2. The van der Waals surface area contributed by atoms with Crippen LogP contribution in [0.15, 0.2) is 109 Å². The van der Waals surface area contributed by atoms with Gasteiger partial charge in [0, 0.05) is 156 Å². The molecule has 138 heavy (non-hydrogen) atoms. The number of aliphatic hydroxyl groups is 2. The molecule has 4 heterocycles. The second-order valence-electron chi connectivity index (χ2n) is 34.9. The first kappa shape index (κ1) is 92.5. The van der Waals surface area contributed by atoms with Crippen molar-refractivity contribution in [2.45, 2.75) is 312 Å². The molecule has 846 valence electrons.